The number of Topliss-reactive ketones (excluding diaryl/α,β-unsaturated/α-hetero) is 1. The van der Waals surface area contributed by atoms with E-state index in [0.717, 1.165) is 5.56 Å². The summed E-state index contributed by atoms with van der Waals surface area (Å²) in [6, 6.07) is 9.97. The second-order valence-corrected chi connectivity index (χ2v) is 13.9. The smallest absolute Gasteiger partial charge is 0.192 e. The fraction of sp³-hybridized carbons (Fsp3) is 0.667. The Morgan fingerprint density at radius 2 is 1.85 bits per heavy atom. The second kappa shape index (κ2) is 8.53. The lowest BCUT2D eigenvalue weighted by atomic mass is 10.1. The van der Waals surface area contributed by atoms with Gasteiger partial charge >= 0.3 is 0 Å². The Hall–Kier alpha value is -1.05. The van der Waals surface area contributed by atoms with Crippen molar-refractivity contribution in [3.05, 3.63) is 35.9 Å². The van der Waals surface area contributed by atoms with E-state index in [2.05, 4.69) is 33.9 Å². The third-order valence-electron chi connectivity index (χ3n) is 5.27. The molecule has 1 aliphatic heterocycles. The summed E-state index contributed by atoms with van der Waals surface area (Å²) < 4.78 is 23.9. The summed E-state index contributed by atoms with van der Waals surface area (Å²) in [4.78, 5) is 12.5. The van der Waals surface area contributed by atoms with Gasteiger partial charge in [0.1, 0.15) is 18.8 Å². The van der Waals surface area contributed by atoms with Crippen molar-refractivity contribution in [2.45, 2.75) is 77.4 Å². The van der Waals surface area contributed by atoms with Gasteiger partial charge < -0.3 is 18.6 Å². The van der Waals surface area contributed by atoms with Crippen LogP contribution in [0.25, 0.3) is 0 Å². The van der Waals surface area contributed by atoms with Crippen molar-refractivity contribution in [1.29, 1.82) is 0 Å². The van der Waals surface area contributed by atoms with Crippen LogP contribution in [0.15, 0.2) is 30.3 Å². The van der Waals surface area contributed by atoms with Gasteiger partial charge in [-0.25, -0.2) is 0 Å². The van der Waals surface area contributed by atoms with E-state index in [9.17, 15) is 4.79 Å². The molecule has 0 spiro atoms. The van der Waals surface area contributed by atoms with Crippen molar-refractivity contribution in [1.82, 2.24) is 0 Å². The molecular formula is C21H34O5Si. The number of ether oxygens (including phenoxy) is 3. The van der Waals surface area contributed by atoms with E-state index in [1.807, 2.05) is 44.2 Å². The number of ketones is 1. The van der Waals surface area contributed by atoms with Gasteiger partial charge in [0.25, 0.3) is 0 Å². The quantitative estimate of drug-likeness (QED) is 0.645. The predicted molar refractivity (Wildman–Crippen MR) is 108 cm³/mol. The number of hydrogen-bond donors (Lipinski definition) is 0. The van der Waals surface area contributed by atoms with Gasteiger partial charge in [-0.15, -0.1) is 0 Å². The standard InChI is InChI=1S/C21H34O5Si/c1-20(2,3)27(6,7)26-18(15-23-13-16-11-9-8-10-12-16)19-17(22)14-24-21(4,5)25-19/h8-12,18-19H,13-15H2,1-7H3/t18-,19+/m1/s1. The van der Waals surface area contributed by atoms with Crippen LogP contribution in [-0.2, 0) is 30.0 Å². The van der Waals surface area contributed by atoms with Gasteiger partial charge in [0.2, 0.25) is 0 Å². The normalized spacial score (nSPS) is 21.9. The summed E-state index contributed by atoms with van der Waals surface area (Å²) in [6.45, 7) is 15.3. The molecular weight excluding hydrogens is 360 g/mol. The molecule has 1 aromatic rings. The molecule has 5 nitrogen and oxygen atoms in total. The largest absolute Gasteiger partial charge is 0.408 e. The van der Waals surface area contributed by atoms with E-state index in [0.29, 0.717) is 13.2 Å². The average Bonchev–Trinajstić information content (AvgIpc) is 2.56. The molecule has 2 rings (SSSR count). The van der Waals surface area contributed by atoms with Gasteiger partial charge in [-0.2, -0.15) is 0 Å². The number of benzene rings is 1. The maximum absolute atomic E-state index is 12.5. The first-order valence-corrected chi connectivity index (χ1v) is 12.5. The fourth-order valence-electron chi connectivity index (χ4n) is 2.62. The van der Waals surface area contributed by atoms with Crippen LogP contribution in [0, 0.1) is 0 Å². The summed E-state index contributed by atoms with van der Waals surface area (Å²) in [5.41, 5.74) is 1.09. The van der Waals surface area contributed by atoms with Crippen LogP contribution in [0.4, 0.5) is 0 Å². The molecule has 0 amide bonds. The van der Waals surface area contributed by atoms with Gasteiger partial charge in [-0.05, 0) is 37.5 Å². The van der Waals surface area contributed by atoms with Gasteiger partial charge in [0.15, 0.2) is 19.9 Å². The molecule has 27 heavy (non-hydrogen) atoms. The fourth-order valence-corrected chi connectivity index (χ4v) is 3.92. The molecule has 0 aromatic heterocycles. The molecule has 0 saturated carbocycles. The maximum Gasteiger partial charge on any atom is 0.192 e. The third kappa shape index (κ3) is 6.22. The molecule has 1 heterocycles. The lowest BCUT2D eigenvalue weighted by molar-refractivity contribution is -0.272. The highest BCUT2D eigenvalue weighted by molar-refractivity contribution is 6.74. The predicted octanol–water partition coefficient (Wildman–Crippen LogP) is 4.31. The molecule has 1 saturated heterocycles. The molecule has 2 atom stereocenters. The highest BCUT2D eigenvalue weighted by Gasteiger charge is 2.45. The maximum atomic E-state index is 12.5. The lowest BCUT2D eigenvalue weighted by Gasteiger charge is -2.43. The molecule has 6 heteroatoms. The molecule has 1 aromatic carbocycles. The van der Waals surface area contributed by atoms with E-state index in [1.54, 1.807) is 0 Å². The van der Waals surface area contributed by atoms with Crippen LogP contribution in [0.1, 0.15) is 40.2 Å². The van der Waals surface area contributed by atoms with Crippen molar-refractivity contribution in [2.24, 2.45) is 0 Å². The topological polar surface area (TPSA) is 54.0 Å². The second-order valence-electron chi connectivity index (χ2n) is 9.11. The van der Waals surface area contributed by atoms with Crippen LogP contribution in [0.3, 0.4) is 0 Å². The minimum Gasteiger partial charge on any atom is -0.408 e. The van der Waals surface area contributed by atoms with Crippen molar-refractivity contribution in [3.63, 3.8) is 0 Å². The summed E-state index contributed by atoms with van der Waals surface area (Å²) in [7, 11) is -2.11. The third-order valence-corrected chi connectivity index (χ3v) is 9.78. The van der Waals surface area contributed by atoms with Crippen LogP contribution >= 0.6 is 0 Å². The minimum absolute atomic E-state index is 0.0222. The van der Waals surface area contributed by atoms with Gasteiger partial charge in [0.05, 0.1) is 13.2 Å². The van der Waals surface area contributed by atoms with Crippen molar-refractivity contribution < 1.29 is 23.4 Å². The van der Waals surface area contributed by atoms with E-state index >= 15 is 0 Å². The molecule has 152 valence electrons. The van der Waals surface area contributed by atoms with E-state index in [-0.39, 0.29) is 17.4 Å². The van der Waals surface area contributed by atoms with Gasteiger partial charge in [0, 0.05) is 0 Å². The SMILES string of the molecule is CC1(C)OCC(=O)[C@@H]([C@@H](COCc2ccccc2)O[Si](C)(C)C(C)(C)C)O1. The minimum atomic E-state index is -2.11. The Balaban J connectivity index is 2.13. The first kappa shape index (κ1) is 22.2. The Bertz CT molecular complexity index is 621. The molecule has 0 aliphatic carbocycles. The zero-order valence-corrected chi connectivity index (χ0v) is 18.7. The van der Waals surface area contributed by atoms with Gasteiger partial charge in [-0.1, -0.05) is 51.1 Å². The first-order valence-electron chi connectivity index (χ1n) is 9.55. The van der Waals surface area contributed by atoms with E-state index in [1.165, 1.54) is 0 Å². The number of hydrogen-bond acceptors (Lipinski definition) is 5. The van der Waals surface area contributed by atoms with Crippen LogP contribution in [0.5, 0.6) is 0 Å². The first-order chi connectivity index (χ1) is 12.4. The summed E-state index contributed by atoms with van der Waals surface area (Å²) in [5.74, 6) is -0.908. The zero-order chi connectivity index (χ0) is 20.3. The summed E-state index contributed by atoms with van der Waals surface area (Å²) in [5, 5.41) is 0.0222. The van der Waals surface area contributed by atoms with Crippen LogP contribution in [0.2, 0.25) is 18.1 Å². The number of carbonyl (C=O) groups excluding carboxylic acids is 1. The monoisotopic (exact) mass is 394 g/mol. The zero-order valence-electron chi connectivity index (χ0n) is 17.7. The van der Waals surface area contributed by atoms with Crippen molar-refractivity contribution in [3.8, 4) is 0 Å². The number of carbonyl (C=O) groups is 1. The summed E-state index contributed by atoms with van der Waals surface area (Å²) in [6.07, 6.45) is -1.14. The highest BCUT2D eigenvalue weighted by Crippen LogP contribution is 2.38. The average molecular weight is 395 g/mol. The molecule has 1 fully saturated rings. The lowest BCUT2D eigenvalue weighted by Crippen LogP contribution is -2.56. The Kier molecular flexibility index (Phi) is 7.03. The Labute approximate surface area is 164 Å². The number of rotatable bonds is 7. The van der Waals surface area contributed by atoms with Crippen LogP contribution in [-0.4, -0.2) is 45.3 Å². The van der Waals surface area contributed by atoms with Crippen molar-refractivity contribution in [2.75, 3.05) is 13.2 Å². The van der Waals surface area contributed by atoms with E-state index in [4.69, 9.17) is 18.6 Å². The van der Waals surface area contributed by atoms with Crippen LogP contribution < -0.4 is 0 Å². The molecule has 1 aliphatic rings. The molecule has 0 radical (unpaired) electrons. The Morgan fingerprint density at radius 3 is 2.44 bits per heavy atom. The van der Waals surface area contributed by atoms with Gasteiger partial charge in [-0.3, -0.25) is 4.79 Å². The van der Waals surface area contributed by atoms with Crippen molar-refractivity contribution >= 4 is 14.1 Å². The molecule has 0 bridgehead atoms. The molecule has 0 N–H and O–H groups in total. The summed E-state index contributed by atoms with van der Waals surface area (Å²) >= 11 is 0. The molecule has 0 unspecified atom stereocenters. The Morgan fingerprint density at radius 1 is 1.22 bits per heavy atom. The highest BCUT2D eigenvalue weighted by atomic mass is 28.4. The van der Waals surface area contributed by atoms with E-state index < -0.39 is 26.3 Å².